The highest BCUT2D eigenvalue weighted by Gasteiger charge is 1.99. The summed E-state index contributed by atoms with van der Waals surface area (Å²) in [5.41, 5.74) is 9.57. The predicted octanol–water partition coefficient (Wildman–Crippen LogP) is 3.97. The van der Waals surface area contributed by atoms with E-state index in [9.17, 15) is 0 Å². The van der Waals surface area contributed by atoms with E-state index in [4.69, 9.17) is 17.3 Å². The molecule has 82 valence electrons. The number of hydrogen-bond acceptors (Lipinski definition) is 2. The maximum atomic E-state index is 5.90. The van der Waals surface area contributed by atoms with Crippen molar-refractivity contribution >= 4 is 28.7 Å². The molecule has 16 heavy (non-hydrogen) atoms. The molecule has 0 saturated carbocycles. The van der Waals surface area contributed by atoms with Gasteiger partial charge in [-0.05, 0) is 55.0 Å². The third kappa shape index (κ3) is 2.47. The van der Waals surface area contributed by atoms with Gasteiger partial charge >= 0.3 is 0 Å². The van der Waals surface area contributed by atoms with Gasteiger partial charge in [-0.2, -0.15) is 0 Å². The van der Waals surface area contributed by atoms with Crippen LogP contribution in [0.3, 0.4) is 0 Å². The molecule has 0 heterocycles. The first-order chi connectivity index (χ1) is 7.65. The average molecular weight is 233 g/mol. The summed E-state index contributed by atoms with van der Waals surface area (Å²) in [5, 5.41) is 4.06. The average Bonchev–Trinajstić information content (AvgIpc) is 2.25. The lowest BCUT2D eigenvalue weighted by Crippen LogP contribution is -1.93. The molecule has 0 fully saturated rings. The Labute approximate surface area is 100 Å². The fraction of sp³-hybridized carbons (Fsp3) is 0.0769. The Hall–Kier alpha value is -1.67. The van der Waals surface area contributed by atoms with Crippen LogP contribution in [-0.4, -0.2) is 0 Å². The van der Waals surface area contributed by atoms with Gasteiger partial charge in [0.05, 0.1) is 0 Å². The molecule has 2 rings (SSSR count). The molecule has 0 aliphatic heterocycles. The molecule has 0 amide bonds. The minimum absolute atomic E-state index is 0.750. The number of aryl methyl sites for hydroxylation is 1. The summed E-state index contributed by atoms with van der Waals surface area (Å²) in [4.78, 5) is 0. The Bertz CT molecular complexity index is 492. The fourth-order valence-electron chi connectivity index (χ4n) is 1.49. The molecular formula is C13H13ClN2. The molecule has 0 aromatic heterocycles. The number of anilines is 3. The van der Waals surface area contributed by atoms with Crippen molar-refractivity contribution in [2.24, 2.45) is 0 Å². The molecule has 3 N–H and O–H groups in total. The van der Waals surface area contributed by atoms with Gasteiger partial charge in [-0.1, -0.05) is 11.6 Å². The van der Waals surface area contributed by atoms with Crippen LogP contribution < -0.4 is 11.1 Å². The van der Waals surface area contributed by atoms with Crippen molar-refractivity contribution in [2.45, 2.75) is 6.92 Å². The smallest absolute Gasteiger partial charge is 0.0414 e. The monoisotopic (exact) mass is 232 g/mol. The quantitative estimate of drug-likeness (QED) is 0.769. The van der Waals surface area contributed by atoms with Crippen LogP contribution >= 0.6 is 11.6 Å². The molecule has 0 atom stereocenters. The molecule has 2 aromatic carbocycles. The van der Waals surface area contributed by atoms with Crippen LogP contribution in [0.2, 0.25) is 5.02 Å². The number of benzene rings is 2. The van der Waals surface area contributed by atoms with Gasteiger partial charge in [0.1, 0.15) is 0 Å². The van der Waals surface area contributed by atoms with Crippen LogP contribution in [0.25, 0.3) is 0 Å². The van der Waals surface area contributed by atoms with Gasteiger partial charge in [-0.15, -0.1) is 0 Å². The van der Waals surface area contributed by atoms with Crippen molar-refractivity contribution in [3.63, 3.8) is 0 Å². The number of nitrogens with two attached hydrogens (primary N) is 1. The summed E-state index contributed by atoms with van der Waals surface area (Å²) in [6.45, 7) is 2.02. The first-order valence-corrected chi connectivity index (χ1v) is 5.42. The Morgan fingerprint density at radius 3 is 2.38 bits per heavy atom. The minimum Gasteiger partial charge on any atom is -0.399 e. The van der Waals surface area contributed by atoms with Crippen molar-refractivity contribution in [3.05, 3.63) is 53.1 Å². The van der Waals surface area contributed by atoms with E-state index in [0.717, 1.165) is 27.6 Å². The number of halogens is 1. The van der Waals surface area contributed by atoms with E-state index in [1.54, 1.807) is 0 Å². The standard InChI is InChI=1S/C13H13ClN2/c1-9-8-10(14)2-7-13(9)16-12-5-3-11(15)4-6-12/h2-8,16H,15H2,1H3. The zero-order valence-electron chi connectivity index (χ0n) is 9.00. The van der Waals surface area contributed by atoms with Crippen molar-refractivity contribution in [1.29, 1.82) is 0 Å². The van der Waals surface area contributed by atoms with Crippen LogP contribution in [0.4, 0.5) is 17.1 Å². The summed E-state index contributed by atoms with van der Waals surface area (Å²) >= 11 is 5.90. The van der Waals surface area contributed by atoms with Gasteiger partial charge in [-0.3, -0.25) is 0 Å². The largest absolute Gasteiger partial charge is 0.399 e. The van der Waals surface area contributed by atoms with Crippen LogP contribution in [0.1, 0.15) is 5.56 Å². The highest BCUT2D eigenvalue weighted by Crippen LogP contribution is 2.23. The van der Waals surface area contributed by atoms with E-state index in [1.165, 1.54) is 0 Å². The Morgan fingerprint density at radius 1 is 1.06 bits per heavy atom. The number of nitrogen functional groups attached to an aromatic ring is 1. The lowest BCUT2D eigenvalue weighted by atomic mass is 10.2. The lowest BCUT2D eigenvalue weighted by molar-refractivity contribution is 1.43. The van der Waals surface area contributed by atoms with Crippen LogP contribution in [0.5, 0.6) is 0 Å². The van der Waals surface area contributed by atoms with E-state index in [2.05, 4.69) is 5.32 Å². The number of nitrogens with one attached hydrogen (secondary N) is 1. The van der Waals surface area contributed by atoms with Gasteiger partial charge < -0.3 is 11.1 Å². The van der Waals surface area contributed by atoms with E-state index < -0.39 is 0 Å². The molecular weight excluding hydrogens is 220 g/mol. The Morgan fingerprint density at radius 2 is 1.75 bits per heavy atom. The fourth-order valence-corrected chi connectivity index (χ4v) is 1.72. The summed E-state index contributed by atoms with van der Waals surface area (Å²) in [6.07, 6.45) is 0. The minimum atomic E-state index is 0.750. The molecule has 3 heteroatoms. The lowest BCUT2D eigenvalue weighted by Gasteiger charge is -2.09. The van der Waals surface area contributed by atoms with E-state index >= 15 is 0 Å². The van der Waals surface area contributed by atoms with Gasteiger partial charge in [0.25, 0.3) is 0 Å². The predicted molar refractivity (Wildman–Crippen MR) is 70.3 cm³/mol. The zero-order valence-corrected chi connectivity index (χ0v) is 9.75. The van der Waals surface area contributed by atoms with Crippen LogP contribution in [-0.2, 0) is 0 Å². The third-order valence-electron chi connectivity index (χ3n) is 2.38. The molecule has 0 aliphatic carbocycles. The van der Waals surface area contributed by atoms with E-state index in [1.807, 2.05) is 49.4 Å². The Balaban J connectivity index is 2.23. The normalized spacial score (nSPS) is 10.1. The second-order valence-electron chi connectivity index (χ2n) is 3.71. The second kappa shape index (κ2) is 4.45. The van der Waals surface area contributed by atoms with Gasteiger partial charge in [0.15, 0.2) is 0 Å². The molecule has 0 unspecified atom stereocenters. The molecule has 0 spiro atoms. The van der Waals surface area contributed by atoms with E-state index in [-0.39, 0.29) is 0 Å². The molecule has 0 radical (unpaired) electrons. The summed E-state index contributed by atoms with van der Waals surface area (Å²) in [6, 6.07) is 13.4. The molecule has 2 aromatic rings. The zero-order chi connectivity index (χ0) is 11.5. The first kappa shape index (κ1) is 10.8. The summed E-state index contributed by atoms with van der Waals surface area (Å²) in [5.74, 6) is 0. The second-order valence-corrected chi connectivity index (χ2v) is 4.14. The summed E-state index contributed by atoms with van der Waals surface area (Å²) in [7, 11) is 0. The van der Waals surface area contributed by atoms with Gasteiger partial charge in [0.2, 0.25) is 0 Å². The topological polar surface area (TPSA) is 38.0 Å². The highest BCUT2D eigenvalue weighted by atomic mass is 35.5. The SMILES string of the molecule is Cc1cc(Cl)ccc1Nc1ccc(N)cc1. The summed E-state index contributed by atoms with van der Waals surface area (Å²) < 4.78 is 0. The number of rotatable bonds is 2. The van der Waals surface area contributed by atoms with Crippen LogP contribution in [0, 0.1) is 6.92 Å². The van der Waals surface area contributed by atoms with Gasteiger partial charge in [-0.25, -0.2) is 0 Å². The molecule has 0 bridgehead atoms. The molecule has 0 aliphatic rings. The van der Waals surface area contributed by atoms with Crippen molar-refractivity contribution in [2.75, 3.05) is 11.1 Å². The van der Waals surface area contributed by atoms with E-state index in [0.29, 0.717) is 0 Å². The first-order valence-electron chi connectivity index (χ1n) is 5.04. The van der Waals surface area contributed by atoms with Crippen LogP contribution in [0.15, 0.2) is 42.5 Å². The Kier molecular flexibility index (Phi) is 3.02. The van der Waals surface area contributed by atoms with Crippen molar-refractivity contribution in [1.82, 2.24) is 0 Å². The van der Waals surface area contributed by atoms with Crippen molar-refractivity contribution < 1.29 is 0 Å². The maximum absolute atomic E-state index is 5.90. The number of hydrogen-bond donors (Lipinski definition) is 2. The third-order valence-corrected chi connectivity index (χ3v) is 2.61. The maximum Gasteiger partial charge on any atom is 0.0414 e. The van der Waals surface area contributed by atoms with Crippen molar-refractivity contribution in [3.8, 4) is 0 Å². The molecule has 2 nitrogen and oxygen atoms in total. The highest BCUT2D eigenvalue weighted by molar-refractivity contribution is 6.30. The van der Waals surface area contributed by atoms with Gasteiger partial charge in [0, 0.05) is 22.1 Å². The molecule has 0 saturated heterocycles.